The Morgan fingerprint density at radius 2 is 1.79 bits per heavy atom. The quantitative estimate of drug-likeness (QED) is 0.820. The van der Waals surface area contributed by atoms with Crippen LogP contribution in [0.5, 0.6) is 11.5 Å². The van der Waals surface area contributed by atoms with E-state index >= 15 is 0 Å². The standard InChI is InChI=1S/C15H25NO3/c1-15(2,11-17)16(3)9-8-12-6-7-13(18-4)14(10-12)19-5/h6-7,10,17H,8-9,11H2,1-5H3. The molecule has 0 saturated heterocycles. The first kappa shape index (κ1) is 15.8. The summed E-state index contributed by atoms with van der Waals surface area (Å²) in [7, 11) is 5.30. The Bertz CT molecular complexity index is 404. The molecule has 1 N–H and O–H groups in total. The van der Waals surface area contributed by atoms with E-state index in [0.717, 1.165) is 24.5 Å². The van der Waals surface area contributed by atoms with Gasteiger partial charge in [-0.2, -0.15) is 0 Å². The lowest BCUT2D eigenvalue weighted by Gasteiger charge is -2.33. The smallest absolute Gasteiger partial charge is 0.160 e. The molecule has 0 bridgehead atoms. The molecule has 0 aromatic heterocycles. The van der Waals surface area contributed by atoms with Crippen molar-refractivity contribution in [2.75, 3.05) is 34.4 Å². The third-order valence-corrected chi connectivity index (χ3v) is 3.60. The molecule has 0 aliphatic carbocycles. The van der Waals surface area contributed by atoms with E-state index in [1.807, 2.05) is 39.1 Å². The zero-order valence-electron chi connectivity index (χ0n) is 12.6. The van der Waals surface area contributed by atoms with E-state index in [1.165, 1.54) is 5.56 Å². The predicted octanol–water partition coefficient (Wildman–Crippen LogP) is 1.95. The number of aliphatic hydroxyl groups is 1. The molecule has 0 radical (unpaired) electrons. The maximum absolute atomic E-state index is 9.33. The molecule has 0 unspecified atom stereocenters. The van der Waals surface area contributed by atoms with Crippen LogP contribution < -0.4 is 9.47 Å². The Balaban J connectivity index is 2.68. The predicted molar refractivity (Wildman–Crippen MR) is 77.0 cm³/mol. The lowest BCUT2D eigenvalue weighted by atomic mass is 10.0. The Morgan fingerprint density at radius 3 is 2.32 bits per heavy atom. The number of benzene rings is 1. The molecule has 0 saturated carbocycles. The van der Waals surface area contributed by atoms with Crippen molar-refractivity contribution in [3.63, 3.8) is 0 Å². The van der Waals surface area contributed by atoms with Crippen molar-refractivity contribution >= 4 is 0 Å². The molecule has 1 rings (SSSR count). The monoisotopic (exact) mass is 267 g/mol. The first-order chi connectivity index (χ1) is 8.94. The van der Waals surface area contributed by atoms with Crippen molar-refractivity contribution in [2.45, 2.75) is 25.8 Å². The number of rotatable bonds is 7. The van der Waals surface area contributed by atoms with Crippen LogP contribution in [0.4, 0.5) is 0 Å². The van der Waals surface area contributed by atoms with Gasteiger partial charge in [-0.15, -0.1) is 0 Å². The molecule has 19 heavy (non-hydrogen) atoms. The lowest BCUT2D eigenvalue weighted by molar-refractivity contribution is 0.0800. The Kier molecular flexibility index (Phi) is 5.63. The normalized spacial score (nSPS) is 11.7. The number of likely N-dealkylation sites (N-methyl/N-ethyl adjacent to an activating group) is 1. The fraction of sp³-hybridized carbons (Fsp3) is 0.600. The second-order valence-corrected chi connectivity index (χ2v) is 5.33. The molecule has 0 spiro atoms. The minimum atomic E-state index is -0.198. The van der Waals surface area contributed by atoms with Gasteiger partial charge in [0.05, 0.1) is 20.8 Å². The van der Waals surface area contributed by atoms with E-state index in [9.17, 15) is 5.11 Å². The van der Waals surface area contributed by atoms with Gasteiger partial charge in [0, 0.05) is 12.1 Å². The average molecular weight is 267 g/mol. The van der Waals surface area contributed by atoms with Crippen LogP contribution >= 0.6 is 0 Å². The van der Waals surface area contributed by atoms with E-state index in [4.69, 9.17) is 9.47 Å². The van der Waals surface area contributed by atoms with Gasteiger partial charge in [-0.3, -0.25) is 4.90 Å². The molecule has 0 aliphatic rings. The van der Waals surface area contributed by atoms with Gasteiger partial charge in [0.15, 0.2) is 11.5 Å². The number of nitrogens with zero attached hydrogens (tertiary/aromatic N) is 1. The summed E-state index contributed by atoms with van der Waals surface area (Å²) in [6, 6.07) is 5.96. The average Bonchev–Trinajstić information content (AvgIpc) is 2.44. The molecule has 0 atom stereocenters. The van der Waals surface area contributed by atoms with Gasteiger partial charge in [0.25, 0.3) is 0 Å². The molecule has 0 aliphatic heterocycles. The van der Waals surface area contributed by atoms with Crippen molar-refractivity contribution in [2.24, 2.45) is 0 Å². The maximum atomic E-state index is 9.33. The zero-order chi connectivity index (χ0) is 14.5. The number of aliphatic hydroxyl groups excluding tert-OH is 1. The van der Waals surface area contributed by atoms with Crippen molar-refractivity contribution in [1.82, 2.24) is 4.90 Å². The highest BCUT2D eigenvalue weighted by atomic mass is 16.5. The highest BCUT2D eigenvalue weighted by Crippen LogP contribution is 2.27. The molecule has 108 valence electrons. The number of hydrogen-bond donors (Lipinski definition) is 1. The van der Waals surface area contributed by atoms with E-state index in [2.05, 4.69) is 4.90 Å². The minimum Gasteiger partial charge on any atom is -0.493 e. The number of methoxy groups -OCH3 is 2. The maximum Gasteiger partial charge on any atom is 0.160 e. The van der Waals surface area contributed by atoms with Crippen molar-refractivity contribution in [3.05, 3.63) is 23.8 Å². The second-order valence-electron chi connectivity index (χ2n) is 5.33. The Hall–Kier alpha value is -1.26. The minimum absolute atomic E-state index is 0.148. The van der Waals surface area contributed by atoms with Crippen LogP contribution in [0.3, 0.4) is 0 Å². The number of hydrogen-bond acceptors (Lipinski definition) is 4. The zero-order valence-corrected chi connectivity index (χ0v) is 12.6. The van der Waals surface area contributed by atoms with Crippen molar-refractivity contribution in [1.29, 1.82) is 0 Å². The van der Waals surface area contributed by atoms with E-state index in [-0.39, 0.29) is 12.1 Å². The van der Waals surface area contributed by atoms with E-state index < -0.39 is 0 Å². The highest BCUT2D eigenvalue weighted by Gasteiger charge is 2.21. The van der Waals surface area contributed by atoms with Crippen LogP contribution in [0.2, 0.25) is 0 Å². The van der Waals surface area contributed by atoms with Crippen LogP contribution in [0, 0.1) is 0 Å². The second kappa shape index (κ2) is 6.78. The molecule has 0 amide bonds. The van der Waals surface area contributed by atoms with Gasteiger partial charge < -0.3 is 14.6 Å². The van der Waals surface area contributed by atoms with Crippen LogP contribution in [0.25, 0.3) is 0 Å². The highest BCUT2D eigenvalue weighted by molar-refractivity contribution is 5.42. The van der Waals surface area contributed by atoms with Gasteiger partial charge >= 0.3 is 0 Å². The summed E-state index contributed by atoms with van der Waals surface area (Å²) in [5, 5.41) is 9.33. The third kappa shape index (κ3) is 4.11. The van der Waals surface area contributed by atoms with Gasteiger partial charge in [-0.1, -0.05) is 6.07 Å². The summed E-state index contributed by atoms with van der Waals surface area (Å²) in [5.41, 5.74) is 0.995. The Labute approximate surface area is 115 Å². The molecule has 4 nitrogen and oxygen atoms in total. The third-order valence-electron chi connectivity index (χ3n) is 3.60. The summed E-state index contributed by atoms with van der Waals surface area (Å²) in [6.07, 6.45) is 0.903. The van der Waals surface area contributed by atoms with Crippen molar-refractivity contribution in [3.8, 4) is 11.5 Å². The molecule has 0 heterocycles. The van der Waals surface area contributed by atoms with Crippen LogP contribution in [0.1, 0.15) is 19.4 Å². The number of ether oxygens (including phenoxy) is 2. The largest absolute Gasteiger partial charge is 0.493 e. The molecule has 4 heteroatoms. The fourth-order valence-corrected chi connectivity index (χ4v) is 1.76. The van der Waals surface area contributed by atoms with Crippen molar-refractivity contribution < 1.29 is 14.6 Å². The fourth-order valence-electron chi connectivity index (χ4n) is 1.76. The van der Waals surface area contributed by atoms with Crippen LogP contribution in [-0.4, -0.2) is 50.0 Å². The van der Waals surface area contributed by atoms with Crippen LogP contribution in [-0.2, 0) is 6.42 Å². The molecule has 0 fully saturated rings. The molecule has 1 aromatic carbocycles. The van der Waals surface area contributed by atoms with Gasteiger partial charge in [0.2, 0.25) is 0 Å². The SMILES string of the molecule is COc1ccc(CCN(C)C(C)(C)CO)cc1OC. The molecular weight excluding hydrogens is 242 g/mol. The summed E-state index contributed by atoms with van der Waals surface area (Å²) in [5.74, 6) is 1.50. The lowest BCUT2D eigenvalue weighted by Crippen LogP contribution is -2.45. The summed E-state index contributed by atoms with van der Waals surface area (Å²) in [6.45, 7) is 5.09. The summed E-state index contributed by atoms with van der Waals surface area (Å²) in [4.78, 5) is 2.16. The first-order valence-corrected chi connectivity index (χ1v) is 6.47. The van der Waals surface area contributed by atoms with Gasteiger partial charge in [0.1, 0.15) is 0 Å². The summed E-state index contributed by atoms with van der Waals surface area (Å²) < 4.78 is 10.5. The van der Waals surface area contributed by atoms with Gasteiger partial charge in [-0.25, -0.2) is 0 Å². The molecular formula is C15H25NO3. The first-order valence-electron chi connectivity index (χ1n) is 6.47. The molecule has 1 aromatic rings. The summed E-state index contributed by atoms with van der Waals surface area (Å²) >= 11 is 0. The van der Waals surface area contributed by atoms with Crippen LogP contribution in [0.15, 0.2) is 18.2 Å². The van der Waals surface area contributed by atoms with E-state index in [0.29, 0.717) is 0 Å². The Morgan fingerprint density at radius 1 is 1.16 bits per heavy atom. The van der Waals surface area contributed by atoms with E-state index in [1.54, 1.807) is 14.2 Å². The van der Waals surface area contributed by atoms with Gasteiger partial charge in [-0.05, 0) is 45.0 Å². The topological polar surface area (TPSA) is 41.9 Å².